The molecule has 1 atom stereocenters. The van der Waals surface area contributed by atoms with Crippen LogP contribution < -0.4 is 10.1 Å². The molecule has 1 unspecified atom stereocenters. The highest BCUT2D eigenvalue weighted by Gasteiger charge is 2.28. The number of nitrogens with zero attached hydrogens (tertiary/aromatic N) is 2. The average Bonchev–Trinajstić information content (AvgIpc) is 2.63. The van der Waals surface area contributed by atoms with Gasteiger partial charge in [-0.1, -0.05) is 25.1 Å². The fourth-order valence-corrected chi connectivity index (χ4v) is 3.94. The summed E-state index contributed by atoms with van der Waals surface area (Å²) in [4.78, 5) is 5.31. The standard InChI is InChI=1S/C20H33N3O/c1-3-24-20-7-5-4-6-18(20)19(23-14-10-21-11-15-23)16-22-12-8-17(2)9-13-22/h4-7,17,19,21H,3,8-16H2,1-2H3. The molecular weight excluding hydrogens is 298 g/mol. The molecule has 1 aromatic carbocycles. The second kappa shape index (κ2) is 8.84. The molecule has 134 valence electrons. The van der Waals surface area contributed by atoms with Crippen LogP contribution >= 0.6 is 0 Å². The Morgan fingerprint density at radius 2 is 1.83 bits per heavy atom. The van der Waals surface area contributed by atoms with Crippen molar-refractivity contribution in [3.8, 4) is 5.75 Å². The molecule has 1 N–H and O–H groups in total. The van der Waals surface area contributed by atoms with Gasteiger partial charge in [0.15, 0.2) is 0 Å². The fourth-order valence-electron chi connectivity index (χ4n) is 3.94. The summed E-state index contributed by atoms with van der Waals surface area (Å²) >= 11 is 0. The molecule has 0 saturated carbocycles. The van der Waals surface area contributed by atoms with Gasteiger partial charge in [-0.2, -0.15) is 0 Å². The van der Waals surface area contributed by atoms with Crippen molar-refractivity contribution in [2.45, 2.75) is 32.7 Å². The molecule has 0 radical (unpaired) electrons. The van der Waals surface area contributed by atoms with Gasteiger partial charge in [0.05, 0.1) is 12.6 Å². The third kappa shape index (κ3) is 4.50. The third-order valence-corrected chi connectivity index (χ3v) is 5.48. The Morgan fingerprint density at radius 1 is 1.12 bits per heavy atom. The van der Waals surface area contributed by atoms with Crippen molar-refractivity contribution < 1.29 is 4.74 Å². The van der Waals surface area contributed by atoms with Crippen molar-refractivity contribution in [3.63, 3.8) is 0 Å². The summed E-state index contributed by atoms with van der Waals surface area (Å²) in [6, 6.07) is 9.08. The van der Waals surface area contributed by atoms with E-state index in [0.717, 1.165) is 51.0 Å². The van der Waals surface area contributed by atoms with Crippen LogP contribution in [0.3, 0.4) is 0 Å². The first-order chi connectivity index (χ1) is 11.8. The van der Waals surface area contributed by atoms with Gasteiger partial charge in [-0.25, -0.2) is 0 Å². The zero-order chi connectivity index (χ0) is 16.8. The largest absolute Gasteiger partial charge is 0.494 e. The van der Waals surface area contributed by atoms with Gasteiger partial charge in [-0.05, 0) is 44.8 Å². The number of likely N-dealkylation sites (tertiary alicyclic amines) is 1. The van der Waals surface area contributed by atoms with E-state index in [4.69, 9.17) is 4.74 Å². The number of hydrogen-bond acceptors (Lipinski definition) is 4. The van der Waals surface area contributed by atoms with Gasteiger partial charge >= 0.3 is 0 Å². The normalized spacial score (nSPS) is 22.4. The maximum atomic E-state index is 5.95. The number of piperazine rings is 1. The zero-order valence-electron chi connectivity index (χ0n) is 15.3. The van der Waals surface area contributed by atoms with Gasteiger partial charge in [-0.15, -0.1) is 0 Å². The molecule has 3 rings (SSSR count). The lowest BCUT2D eigenvalue weighted by atomic mass is 9.97. The molecule has 2 aliphatic heterocycles. The van der Waals surface area contributed by atoms with Crippen molar-refractivity contribution in [2.24, 2.45) is 5.92 Å². The summed E-state index contributed by atoms with van der Waals surface area (Å²) in [6.45, 7) is 13.2. The smallest absolute Gasteiger partial charge is 0.124 e. The molecule has 24 heavy (non-hydrogen) atoms. The van der Waals surface area contributed by atoms with E-state index in [-0.39, 0.29) is 0 Å². The van der Waals surface area contributed by atoms with Crippen LogP contribution in [0, 0.1) is 5.92 Å². The zero-order valence-corrected chi connectivity index (χ0v) is 15.3. The predicted molar refractivity (Wildman–Crippen MR) is 99.6 cm³/mol. The van der Waals surface area contributed by atoms with Crippen molar-refractivity contribution in [3.05, 3.63) is 29.8 Å². The highest BCUT2D eigenvalue weighted by atomic mass is 16.5. The van der Waals surface area contributed by atoms with Gasteiger partial charge in [-0.3, -0.25) is 4.90 Å². The summed E-state index contributed by atoms with van der Waals surface area (Å²) < 4.78 is 5.95. The molecule has 1 aromatic rings. The van der Waals surface area contributed by atoms with E-state index in [1.165, 1.54) is 31.5 Å². The molecule has 4 heteroatoms. The first-order valence-corrected chi connectivity index (χ1v) is 9.66. The number of ether oxygens (including phenoxy) is 1. The molecule has 0 amide bonds. The molecule has 0 aliphatic carbocycles. The van der Waals surface area contributed by atoms with E-state index in [2.05, 4.69) is 53.2 Å². The number of para-hydroxylation sites is 1. The average molecular weight is 332 g/mol. The van der Waals surface area contributed by atoms with Crippen LogP contribution in [0.4, 0.5) is 0 Å². The number of rotatable bonds is 6. The van der Waals surface area contributed by atoms with Crippen LogP contribution in [0.2, 0.25) is 0 Å². The van der Waals surface area contributed by atoms with Crippen LogP contribution in [0.5, 0.6) is 5.75 Å². The number of piperidine rings is 1. The van der Waals surface area contributed by atoms with E-state index in [1.54, 1.807) is 0 Å². The lowest BCUT2D eigenvalue weighted by Crippen LogP contribution is -2.49. The Morgan fingerprint density at radius 3 is 2.54 bits per heavy atom. The second-order valence-electron chi connectivity index (χ2n) is 7.26. The SMILES string of the molecule is CCOc1ccccc1C(CN1CCC(C)CC1)N1CCNCC1. The van der Waals surface area contributed by atoms with E-state index in [9.17, 15) is 0 Å². The summed E-state index contributed by atoms with van der Waals surface area (Å²) in [5.74, 6) is 1.95. The molecule has 0 bridgehead atoms. The lowest BCUT2D eigenvalue weighted by Gasteiger charge is -2.40. The minimum atomic E-state index is 0.434. The molecular formula is C20H33N3O. The first kappa shape index (κ1) is 17.7. The van der Waals surface area contributed by atoms with Gasteiger partial charge in [0, 0.05) is 38.3 Å². The van der Waals surface area contributed by atoms with Crippen LogP contribution in [0.15, 0.2) is 24.3 Å². The summed E-state index contributed by atoms with van der Waals surface area (Å²) in [7, 11) is 0. The van der Waals surface area contributed by atoms with Crippen molar-refractivity contribution >= 4 is 0 Å². The van der Waals surface area contributed by atoms with Gasteiger partial charge < -0.3 is 15.0 Å². The maximum Gasteiger partial charge on any atom is 0.124 e. The highest BCUT2D eigenvalue weighted by molar-refractivity contribution is 5.36. The molecule has 4 nitrogen and oxygen atoms in total. The molecule has 2 heterocycles. The fraction of sp³-hybridized carbons (Fsp3) is 0.700. The molecule has 2 saturated heterocycles. The van der Waals surface area contributed by atoms with Crippen molar-refractivity contribution in [1.82, 2.24) is 15.1 Å². The molecule has 0 spiro atoms. The first-order valence-electron chi connectivity index (χ1n) is 9.66. The number of hydrogen-bond donors (Lipinski definition) is 1. The highest BCUT2D eigenvalue weighted by Crippen LogP contribution is 2.31. The Balaban J connectivity index is 1.79. The third-order valence-electron chi connectivity index (χ3n) is 5.48. The molecule has 0 aromatic heterocycles. The van der Waals surface area contributed by atoms with Gasteiger partial charge in [0.2, 0.25) is 0 Å². The number of benzene rings is 1. The van der Waals surface area contributed by atoms with E-state index < -0.39 is 0 Å². The van der Waals surface area contributed by atoms with Gasteiger partial charge in [0.1, 0.15) is 5.75 Å². The maximum absolute atomic E-state index is 5.95. The Hall–Kier alpha value is -1.10. The quantitative estimate of drug-likeness (QED) is 0.867. The second-order valence-corrected chi connectivity index (χ2v) is 7.26. The Labute approximate surface area is 147 Å². The van der Waals surface area contributed by atoms with Crippen LogP contribution in [0.25, 0.3) is 0 Å². The minimum absolute atomic E-state index is 0.434. The van der Waals surface area contributed by atoms with Crippen LogP contribution in [0.1, 0.15) is 38.3 Å². The van der Waals surface area contributed by atoms with Crippen LogP contribution in [-0.4, -0.2) is 62.2 Å². The lowest BCUT2D eigenvalue weighted by molar-refractivity contribution is 0.102. The summed E-state index contributed by atoms with van der Waals surface area (Å²) in [5, 5.41) is 3.48. The minimum Gasteiger partial charge on any atom is -0.494 e. The van der Waals surface area contributed by atoms with Crippen LogP contribution in [-0.2, 0) is 0 Å². The Bertz CT molecular complexity index is 493. The van der Waals surface area contributed by atoms with E-state index in [0.29, 0.717) is 6.04 Å². The Kier molecular flexibility index (Phi) is 6.52. The van der Waals surface area contributed by atoms with Crippen molar-refractivity contribution in [2.75, 3.05) is 52.4 Å². The van der Waals surface area contributed by atoms with E-state index >= 15 is 0 Å². The molecule has 2 fully saturated rings. The predicted octanol–water partition coefficient (Wildman–Crippen LogP) is 2.76. The van der Waals surface area contributed by atoms with E-state index in [1.807, 2.05) is 0 Å². The molecule has 2 aliphatic rings. The van der Waals surface area contributed by atoms with Crippen molar-refractivity contribution in [1.29, 1.82) is 0 Å². The summed E-state index contributed by atoms with van der Waals surface area (Å²) in [5.41, 5.74) is 1.36. The van der Waals surface area contributed by atoms with Gasteiger partial charge in [0.25, 0.3) is 0 Å². The monoisotopic (exact) mass is 331 g/mol. The topological polar surface area (TPSA) is 27.7 Å². The number of nitrogens with one attached hydrogen (secondary N) is 1. The summed E-state index contributed by atoms with van der Waals surface area (Å²) in [6.07, 6.45) is 2.67.